The molecular weight excluding hydrogens is 729 g/mol. The van der Waals surface area contributed by atoms with Gasteiger partial charge in [-0.3, -0.25) is 14.4 Å². The van der Waals surface area contributed by atoms with E-state index in [1.807, 2.05) is 0 Å². The van der Waals surface area contributed by atoms with Crippen molar-refractivity contribution < 1.29 is 33.7 Å². The van der Waals surface area contributed by atoms with Crippen molar-refractivity contribution in [2.75, 3.05) is 65.7 Å². The summed E-state index contributed by atoms with van der Waals surface area (Å²) < 4.78 is 16.5. The summed E-state index contributed by atoms with van der Waals surface area (Å²) in [5, 5.41) is 9.73. The lowest BCUT2D eigenvalue weighted by molar-refractivity contribution is -0.144. The maximum absolute atomic E-state index is 12.3. The lowest BCUT2D eigenvalue weighted by Crippen LogP contribution is -2.33. The van der Waals surface area contributed by atoms with E-state index in [2.05, 4.69) is 30.6 Å². The zero-order valence-corrected chi connectivity index (χ0v) is 38.7. The van der Waals surface area contributed by atoms with Crippen LogP contribution in [0.5, 0.6) is 0 Å². The van der Waals surface area contributed by atoms with E-state index in [0.717, 1.165) is 116 Å². The first-order chi connectivity index (χ1) is 28.5. The summed E-state index contributed by atoms with van der Waals surface area (Å²) in [6.45, 7) is 13.6. The monoisotopic (exact) mass is 825 g/mol. The van der Waals surface area contributed by atoms with Crippen molar-refractivity contribution in [1.82, 2.24) is 9.80 Å². The molecule has 344 valence electrons. The van der Waals surface area contributed by atoms with Gasteiger partial charge in [-0.25, -0.2) is 0 Å². The molecular formula is C49H96N2O7. The van der Waals surface area contributed by atoms with Crippen LogP contribution >= 0.6 is 0 Å². The quantitative estimate of drug-likeness (QED) is 0.0365. The summed E-state index contributed by atoms with van der Waals surface area (Å²) in [5.74, 6) is -0.259. The predicted octanol–water partition coefficient (Wildman–Crippen LogP) is 12.1. The van der Waals surface area contributed by atoms with Gasteiger partial charge in [0.2, 0.25) is 0 Å². The number of ether oxygens (including phenoxy) is 3. The van der Waals surface area contributed by atoms with Crippen LogP contribution in [-0.2, 0) is 28.6 Å². The number of unbranched alkanes of at least 4 members (excludes halogenated alkanes) is 23. The number of carbonyl (C=O) groups is 3. The van der Waals surface area contributed by atoms with E-state index in [0.29, 0.717) is 45.6 Å². The van der Waals surface area contributed by atoms with E-state index in [1.165, 1.54) is 109 Å². The molecule has 1 N–H and O–H groups in total. The smallest absolute Gasteiger partial charge is 0.305 e. The minimum atomic E-state index is -0.0910. The number of esters is 3. The van der Waals surface area contributed by atoms with Gasteiger partial charge in [-0.1, -0.05) is 149 Å². The van der Waals surface area contributed by atoms with Gasteiger partial charge in [-0.15, -0.1) is 0 Å². The second-order valence-corrected chi connectivity index (χ2v) is 16.9. The molecule has 0 aliphatic carbocycles. The van der Waals surface area contributed by atoms with E-state index in [-0.39, 0.29) is 24.5 Å². The lowest BCUT2D eigenvalue weighted by Gasteiger charge is -2.25. The molecule has 9 heteroatoms. The Morgan fingerprint density at radius 1 is 0.328 bits per heavy atom. The maximum atomic E-state index is 12.3. The molecule has 0 saturated carbocycles. The number of aliphatic hydroxyl groups excluding tert-OH is 1. The molecule has 9 nitrogen and oxygen atoms in total. The average Bonchev–Trinajstić information content (AvgIpc) is 3.22. The van der Waals surface area contributed by atoms with Gasteiger partial charge >= 0.3 is 17.9 Å². The number of carbonyl (C=O) groups excluding carboxylic acids is 3. The second-order valence-electron chi connectivity index (χ2n) is 16.9. The highest BCUT2D eigenvalue weighted by Crippen LogP contribution is 2.12. The van der Waals surface area contributed by atoms with E-state index >= 15 is 0 Å². The first kappa shape index (κ1) is 56.3. The Hall–Kier alpha value is -1.71. The maximum Gasteiger partial charge on any atom is 0.305 e. The predicted molar refractivity (Wildman–Crippen MR) is 242 cm³/mol. The Balaban J connectivity index is 4.49. The largest absolute Gasteiger partial charge is 0.466 e. The normalized spacial score (nSPS) is 11.5. The molecule has 0 aromatic rings. The van der Waals surface area contributed by atoms with E-state index in [4.69, 9.17) is 14.2 Å². The van der Waals surface area contributed by atoms with Gasteiger partial charge < -0.3 is 29.1 Å². The molecule has 0 aromatic heterocycles. The van der Waals surface area contributed by atoms with Crippen LogP contribution in [0.15, 0.2) is 0 Å². The van der Waals surface area contributed by atoms with E-state index in [9.17, 15) is 19.5 Å². The average molecular weight is 825 g/mol. The van der Waals surface area contributed by atoms with Crippen LogP contribution < -0.4 is 0 Å². The third-order valence-electron chi connectivity index (χ3n) is 11.2. The molecule has 0 aromatic carbocycles. The molecule has 0 unspecified atom stereocenters. The highest BCUT2D eigenvalue weighted by Gasteiger charge is 2.12. The molecule has 0 atom stereocenters. The van der Waals surface area contributed by atoms with Crippen molar-refractivity contribution in [3.63, 3.8) is 0 Å². The third-order valence-corrected chi connectivity index (χ3v) is 11.2. The zero-order valence-electron chi connectivity index (χ0n) is 38.7. The number of nitrogens with zero attached hydrogens (tertiary/aromatic N) is 2. The number of hydrogen-bond donors (Lipinski definition) is 1. The molecule has 0 radical (unpaired) electrons. The van der Waals surface area contributed by atoms with Gasteiger partial charge in [-0.05, 0) is 96.9 Å². The summed E-state index contributed by atoms with van der Waals surface area (Å²) in [4.78, 5) is 41.7. The first-order valence-electron chi connectivity index (χ1n) is 25.0. The topological polar surface area (TPSA) is 106 Å². The van der Waals surface area contributed by atoms with Crippen molar-refractivity contribution in [1.29, 1.82) is 0 Å². The minimum absolute atomic E-state index is 0.0840. The molecule has 0 heterocycles. The van der Waals surface area contributed by atoms with Crippen molar-refractivity contribution in [3.8, 4) is 0 Å². The van der Waals surface area contributed by atoms with Gasteiger partial charge in [0.15, 0.2) is 0 Å². The zero-order chi connectivity index (χ0) is 42.4. The van der Waals surface area contributed by atoms with Crippen LogP contribution in [0.25, 0.3) is 0 Å². The number of aliphatic hydroxyl groups is 1. The molecule has 0 amide bonds. The van der Waals surface area contributed by atoms with Crippen molar-refractivity contribution >= 4 is 17.9 Å². The number of hydrogen-bond acceptors (Lipinski definition) is 9. The second kappa shape index (κ2) is 46.4. The highest BCUT2D eigenvalue weighted by molar-refractivity contribution is 5.69. The molecule has 0 aliphatic rings. The van der Waals surface area contributed by atoms with Crippen LogP contribution in [0, 0.1) is 0 Å². The Bertz CT molecular complexity index is 849. The van der Waals surface area contributed by atoms with Crippen LogP contribution in [0.1, 0.15) is 233 Å². The van der Waals surface area contributed by atoms with Crippen molar-refractivity contribution in [3.05, 3.63) is 0 Å². The van der Waals surface area contributed by atoms with Crippen LogP contribution in [0.3, 0.4) is 0 Å². The minimum Gasteiger partial charge on any atom is -0.466 e. The summed E-state index contributed by atoms with van der Waals surface area (Å²) in [5.41, 5.74) is 0. The molecule has 0 spiro atoms. The van der Waals surface area contributed by atoms with E-state index in [1.54, 1.807) is 0 Å². The number of rotatable bonds is 47. The molecule has 0 bridgehead atoms. The van der Waals surface area contributed by atoms with Gasteiger partial charge in [0.1, 0.15) is 0 Å². The van der Waals surface area contributed by atoms with Crippen LogP contribution in [0.2, 0.25) is 0 Å². The SMILES string of the molecule is CCCCCCCCCCCOC(=O)CCCCN(CCO)CCCN(CCCCC(=O)OCCCCCCCCC)CCCCC(=O)OCCCCCCCCC. The Morgan fingerprint density at radius 3 is 0.879 bits per heavy atom. The third kappa shape index (κ3) is 42.4. The molecule has 0 rings (SSSR count). The lowest BCUT2D eigenvalue weighted by atomic mass is 10.1. The van der Waals surface area contributed by atoms with Crippen LogP contribution in [-0.4, -0.2) is 98.5 Å². The highest BCUT2D eigenvalue weighted by atomic mass is 16.5. The fourth-order valence-corrected chi connectivity index (χ4v) is 7.45. The van der Waals surface area contributed by atoms with Gasteiger partial charge in [0.05, 0.1) is 26.4 Å². The Labute approximate surface area is 358 Å². The van der Waals surface area contributed by atoms with Crippen molar-refractivity contribution in [2.45, 2.75) is 233 Å². The first-order valence-corrected chi connectivity index (χ1v) is 25.0. The fraction of sp³-hybridized carbons (Fsp3) is 0.939. The summed E-state index contributed by atoms with van der Waals surface area (Å²) in [7, 11) is 0. The standard InChI is InChI=1S/C49H96N2O7/c1-4-7-10-13-16-17-20-23-32-46-58-49(55)36-26-29-39-51(42-43-52)41-33-40-50(37-27-24-34-47(53)56-44-30-21-18-14-11-8-5-2)38-28-25-35-48(54)57-45-31-22-19-15-12-9-6-3/h52H,4-46H2,1-3H3. The molecule has 0 fully saturated rings. The molecule has 0 saturated heterocycles. The molecule has 58 heavy (non-hydrogen) atoms. The summed E-state index contributed by atoms with van der Waals surface area (Å²) in [6, 6.07) is 0. The summed E-state index contributed by atoms with van der Waals surface area (Å²) in [6.07, 6.45) is 35.7. The van der Waals surface area contributed by atoms with E-state index < -0.39 is 0 Å². The fourth-order valence-electron chi connectivity index (χ4n) is 7.45. The van der Waals surface area contributed by atoms with Crippen molar-refractivity contribution in [2.24, 2.45) is 0 Å². The summed E-state index contributed by atoms with van der Waals surface area (Å²) >= 11 is 0. The van der Waals surface area contributed by atoms with Gasteiger partial charge in [0.25, 0.3) is 0 Å². The Morgan fingerprint density at radius 2 is 0.586 bits per heavy atom. The van der Waals surface area contributed by atoms with Crippen LogP contribution in [0.4, 0.5) is 0 Å². The Kier molecular flexibility index (Phi) is 45.0. The molecule has 0 aliphatic heterocycles. The van der Waals surface area contributed by atoms with Gasteiger partial charge in [0, 0.05) is 25.8 Å². The van der Waals surface area contributed by atoms with Gasteiger partial charge in [-0.2, -0.15) is 0 Å².